The molecule has 8 heteroatoms. The maximum Gasteiger partial charge on any atom is 0.340 e. The molecule has 0 aliphatic heterocycles. The molecule has 1 heterocycles. The average molecular weight is 318 g/mol. The summed E-state index contributed by atoms with van der Waals surface area (Å²) in [5.74, 6) is -4.90. The lowest BCUT2D eigenvalue weighted by molar-refractivity contribution is -0.148. The van der Waals surface area contributed by atoms with Gasteiger partial charge in [0.2, 0.25) is 11.8 Å². The lowest BCUT2D eigenvalue weighted by atomic mass is 10.3. The molecule has 1 amide bonds. The van der Waals surface area contributed by atoms with Gasteiger partial charge in [-0.05, 0) is 13.0 Å². The molecule has 0 bridgehead atoms. The van der Waals surface area contributed by atoms with Crippen LogP contribution >= 0.6 is 0 Å². The molecular weight excluding hydrogens is 304 g/mol. The number of halogens is 4. The summed E-state index contributed by atoms with van der Waals surface area (Å²) in [7, 11) is 0. The minimum absolute atomic E-state index is 0.247. The molecule has 0 saturated heterocycles. The van der Waals surface area contributed by atoms with Crippen molar-refractivity contribution in [2.75, 3.05) is 11.9 Å². The molecule has 0 aromatic carbocycles. The zero-order chi connectivity index (χ0) is 16.6. The topological polar surface area (TPSA) is 51.2 Å². The van der Waals surface area contributed by atoms with Gasteiger partial charge >= 0.3 is 12.3 Å². The minimum atomic E-state index is -4.24. The second-order valence-electron chi connectivity index (χ2n) is 4.11. The third-order valence-electron chi connectivity index (χ3n) is 2.29. The second-order valence-corrected chi connectivity index (χ2v) is 4.11. The summed E-state index contributed by atoms with van der Waals surface area (Å²) in [5, 5.41) is 2.47. The molecule has 1 rings (SSSR count). The SMILES string of the molecule is C/C=C/C=C/C(=O)Nc1ccc(OCC(F)(F)C(F)F)nc1. The van der Waals surface area contributed by atoms with E-state index in [9.17, 15) is 22.4 Å². The fourth-order valence-electron chi connectivity index (χ4n) is 1.21. The lowest BCUT2D eigenvalue weighted by Crippen LogP contribution is -2.33. The Balaban J connectivity index is 2.55. The summed E-state index contributed by atoms with van der Waals surface area (Å²) < 4.78 is 53.7. The van der Waals surface area contributed by atoms with E-state index in [1.54, 1.807) is 19.1 Å². The van der Waals surface area contributed by atoms with Gasteiger partial charge in [-0.1, -0.05) is 18.2 Å². The molecule has 4 nitrogen and oxygen atoms in total. The van der Waals surface area contributed by atoms with Crippen LogP contribution in [0, 0.1) is 0 Å². The van der Waals surface area contributed by atoms with Gasteiger partial charge in [-0.25, -0.2) is 13.8 Å². The molecule has 0 aliphatic carbocycles. The van der Waals surface area contributed by atoms with E-state index in [4.69, 9.17) is 0 Å². The highest BCUT2D eigenvalue weighted by Crippen LogP contribution is 2.23. The van der Waals surface area contributed by atoms with Gasteiger partial charge in [-0.15, -0.1) is 0 Å². The van der Waals surface area contributed by atoms with Gasteiger partial charge in [0.05, 0.1) is 11.9 Å². The monoisotopic (exact) mass is 318 g/mol. The van der Waals surface area contributed by atoms with Crippen molar-refractivity contribution < 1.29 is 27.1 Å². The Labute approximate surface area is 124 Å². The maximum absolute atomic E-state index is 12.7. The molecule has 0 atom stereocenters. The van der Waals surface area contributed by atoms with E-state index in [1.807, 2.05) is 0 Å². The van der Waals surface area contributed by atoms with Crippen molar-refractivity contribution >= 4 is 11.6 Å². The van der Waals surface area contributed by atoms with Crippen molar-refractivity contribution in [1.82, 2.24) is 4.98 Å². The molecule has 0 saturated carbocycles. The van der Waals surface area contributed by atoms with Crippen molar-refractivity contribution in [3.05, 3.63) is 42.6 Å². The fraction of sp³-hybridized carbons (Fsp3) is 0.286. The number of nitrogens with zero attached hydrogens (tertiary/aromatic N) is 1. The number of nitrogens with one attached hydrogen (secondary N) is 1. The Morgan fingerprint density at radius 3 is 2.68 bits per heavy atom. The summed E-state index contributed by atoms with van der Waals surface area (Å²) in [4.78, 5) is 15.1. The molecule has 1 N–H and O–H groups in total. The zero-order valence-corrected chi connectivity index (χ0v) is 11.6. The van der Waals surface area contributed by atoms with E-state index in [-0.39, 0.29) is 5.88 Å². The van der Waals surface area contributed by atoms with Crippen molar-refractivity contribution in [3.63, 3.8) is 0 Å². The van der Waals surface area contributed by atoms with E-state index in [0.717, 1.165) is 6.20 Å². The minimum Gasteiger partial charge on any atom is -0.471 e. The molecular formula is C14H14F4N2O2. The number of rotatable bonds is 7. The van der Waals surface area contributed by atoms with Crippen LogP contribution in [0.1, 0.15) is 6.92 Å². The number of aromatic nitrogens is 1. The number of amides is 1. The molecule has 0 aliphatic rings. The van der Waals surface area contributed by atoms with Gasteiger partial charge in [-0.2, -0.15) is 8.78 Å². The van der Waals surface area contributed by atoms with Gasteiger partial charge in [0.1, 0.15) is 0 Å². The van der Waals surface area contributed by atoms with E-state index in [1.165, 1.54) is 24.3 Å². The Kier molecular flexibility index (Phi) is 6.55. The third kappa shape index (κ3) is 5.94. The van der Waals surface area contributed by atoms with E-state index in [2.05, 4.69) is 15.0 Å². The summed E-state index contributed by atoms with van der Waals surface area (Å²) in [6.45, 7) is 0.317. The van der Waals surface area contributed by atoms with Gasteiger partial charge in [0.15, 0.2) is 6.61 Å². The normalized spacial score (nSPS) is 12.3. The predicted octanol–water partition coefficient (Wildman–Crippen LogP) is 3.43. The number of pyridine rings is 1. The van der Waals surface area contributed by atoms with Crippen LogP contribution in [0.15, 0.2) is 42.6 Å². The standard InChI is InChI=1S/C14H14F4N2O2/c1-2-3-4-5-11(21)20-10-6-7-12(19-8-10)22-9-14(17,18)13(15)16/h2-8,13H,9H2,1H3,(H,20,21)/b3-2+,5-4+. The summed E-state index contributed by atoms with van der Waals surface area (Å²) >= 11 is 0. The highest BCUT2D eigenvalue weighted by molar-refractivity contribution is 5.99. The number of carbonyl (C=O) groups excluding carboxylic acids is 1. The Morgan fingerprint density at radius 1 is 1.41 bits per heavy atom. The van der Waals surface area contributed by atoms with Gasteiger partial charge in [-0.3, -0.25) is 4.79 Å². The van der Waals surface area contributed by atoms with Crippen LogP contribution in [0.2, 0.25) is 0 Å². The van der Waals surface area contributed by atoms with Crippen molar-refractivity contribution in [2.24, 2.45) is 0 Å². The number of ether oxygens (including phenoxy) is 1. The van der Waals surface area contributed by atoms with Gasteiger partial charge in [0, 0.05) is 12.1 Å². The summed E-state index contributed by atoms with van der Waals surface area (Å²) in [6, 6.07) is 2.54. The van der Waals surface area contributed by atoms with E-state index < -0.39 is 24.9 Å². The van der Waals surface area contributed by atoms with Crippen LogP contribution in [0.4, 0.5) is 23.2 Å². The first-order chi connectivity index (χ1) is 10.3. The molecule has 0 unspecified atom stereocenters. The molecule has 1 aromatic heterocycles. The van der Waals surface area contributed by atoms with Crippen LogP contribution in [0.5, 0.6) is 5.88 Å². The number of allylic oxidation sites excluding steroid dienone is 3. The highest BCUT2D eigenvalue weighted by Gasteiger charge is 2.41. The van der Waals surface area contributed by atoms with Crippen LogP contribution in [-0.4, -0.2) is 29.8 Å². The lowest BCUT2D eigenvalue weighted by Gasteiger charge is -2.15. The first kappa shape index (κ1) is 17.7. The first-order valence-electron chi connectivity index (χ1n) is 6.20. The number of hydrogen-bond donors (Lipinski definition) is 1. The van der Waals surface area contributed by atoms with Gasteiger partial charge < -0.3 is 10.1 Å². The largest absolute Gasteiger partial charge is 0.471 e. The van der Waals surface area contributed by atoms with Crippen LogP contribution in [0.25, 0.3) is 0 Å². The molecule has 0 spiro atoms. The van der Waals surface area contributed by atoms with Crippen LogP contribution < -0.4 is 10.1 Å². The number of hydrogen-bond acceptors (Lipinski definition) is 3. The maximum atomic E-state index is 12.7. The number of alkyl halides is 4. The second kappa shape index (κ2) is 8.16. The van der Waals surface area contributed by atoms with Crippen LogP contribution in [0.3, 0.4) is 0 Å². The summed E-state index contributed by atoms with van der Waals surface area (Å²) in [6.07, 6.45) is 3.58. The molecule has 22 heavy (non-hydrogen) atoms. The third-order valence-corrected chi connectivity index (χ3v) is 2.29. The molecule has 1 aromatic rings. The van der Waals surface area contributed by atoms with Crippen LogP contribution in [-0.2, 0) is 4.79 Å². The smallest absolute Gasteiger partial charge is 0.340 e. The number of carbonyl (C=O) groups is 1. The fourth-order valence-corrected chi connectivity index (χ4v) is 1.21. The van der Waals surface area contributed by atoms with Gasteiger partial charge in [0.25, 0.3) is 0 Å². The Bertz CT molecular complexity index is 542. The van der Waals surface area contributed by atoms with E-state index in [0.29, 0.717) is 5.69 Å². The van der Waals surface area contributed by atoms with Crippen molar-refractivity contribution in [1.29, 1.82) is 0 Å². The first-order valence-corrected chi connectivity index (χ1v) is 6.20. The highest BCUT2D eigenvalue weighted by atomic mass is 19.3. The molecule has 0 radical (unpaired) electrons. The summed E-state index contributed by atoms with van der Waals surface area (Å²) in [5.41, 5.74) is 0.308. The van der Waals surface area contributed by atoms with Crippen molar-refractivity contribution in [2.45, 2.75) is 19.3 Å². The Morgan fingerprint density at radius 2 is 2.14 bits per heavy atom. The predicted molar refractivity (Wildman–Crippen MR) is 73.3 cm³/mol. The average Bonchev–Trinajstić information content (AvgIpc) is 2.47. The zero-order valence-electron chi connectivity index (χ0n) is 11.6. The molecule has 0 fully saturated rings. The quantitative estimate of drug-likeness (QED) is 0.476. The number of anilines is 1. The molecule has 120 valence electrons. The Hall–Kier alpha value is -2.38. The van der Waals surface area contributed by atoms with Crippen molar-refractivity contribution in [3.8, 4) is 5.88 Å². The van der Waals surface area contributed by atoms with E-state index >= 15 is 0 Å².